The van der Waals surface area contributed by atoms with E-state index in [9.17, 15) is 12.8 Å². The molecule has 0 saturated carbocycles. The van der Waals surface area contributed by atoms with E-state index in [0.717, 1.165) is 25.6 Å². The van der Waals surface area contributed by atoms with Crippen molar-refractivity contribution in [2.45, 2.75) is 18.2 Å². The van der Waals surface area contributed by atoms with Crippen LogP contribution in [0.4, 0.5) is 10.1 Å². The van der Waals surface area contributed by atoms with Crippen LogP contribution in [0, 0.1) is 18.7 Å². The van der Waals surface area contributed by atoms with Gasteiger partial charge in [-0.3, -0.25) is 0 Å². The van der Waals surface area contributed by atoms with Gasteiger partial charge >= 0.3 is 0 Å². The molecule has 20 heavy (non-hydrogen) atoms. The number of benzene rings is 1. The van der Waals surface area contributed by atoms with Crippen LogP contribution < -0.4 is 10.5 Å². The van der Waals surface area contributed by atoms with Gasteiger partial charge in [0.1, 0.15) is 10.7 Å². The Morgan fingerprint density at radius 1 is 1.50 bits per heavy atom. The molecule has 112 valence electrons. The maximum atomic E-state index is 13.8. The number of hydrogen-bond acceptors (Lipinski definition) is 4. The molecule has 0 aromatic heterocycles. The summed E-state index contributed by atoms with van der Waals surface area (Å²) in [6, 6.07) is 2.32. The van der Waals surface area contributed by atoms with Crippen molar-refractivity contribution < 1.29 is 12.8 Å². The van der Waals surface area contributed by atoms with Gasteiger partial charge < -0.3 is 10.6 Å². The molecule has 1 aliphatic rings. The van der Waals surface area contributed by atoms with Gasteiger partial charge in [0.05, 0.1) is 0 Å². The summed E-state index contributed by atoms with van der Waals surface area (Å²) in [4.78, 5) is 1.76. The first kappa shape index (κ1) is 15.2. The lowest BCUT2D eigenvalue weighted by Crippen LogP contribution is -2.31. The predicted octanol–water partition coefficient (Wildman–Crippen LogP) is 0.946. The van der Waals surface area contributed by atoms with Crippen molar-refractivity contribution in [2.75, 3.05) is 32.4 Å². The van der Waals surface area contributed by atoms with Crippen LogP contribution in [0.2, 0.25) is 0 Å². The lowest BCUT2D eigenvalue weighted by Gasteiger charge is -2.13. The molecule has 1 unspecified atom stereocenters. The monoisotopic (exact) mass is 301 g/mol. The van der Waals surface area contributed by atoms with E-state index in [1.165, 1.54) is 6.07 Å². The summed E-state index contributed by atoms with van der Waals surface area (Å²) in [6.07, 6.45) is 0.942. The van der Waals surface area contributed by atoms with Gasteiger partial charge in [0.25, 0.3) is 0 Å². The zero-order valence-electron chi connectivity index (χ0n) is 11.7. The van der Waals surface area contributed by atoms with Crippen LogP contribution in [-0.4, -0.2) is 40.0 Å². The van der Waals surface area contributed by atoms with Crippen LogP contribution in [0.15, 0.2) is 17.0 Å². The molecule has 0 radical (unpaired) electrons. The molecular formula is C13H20FN3O2S. The van der Waals surface area contributed by atoms with Gasteiger partial charge in [-0.15, -0.1) is 0 Å². The largest absolute Gasteiger partial charge is 0.398 e. The number of likely N-dealkylation sites (tertiary alicyclic amines) is 1. The molecule has 1 aromatic rings. The Morgan fingerprint density at radius 3 is 2.80 bits per heavy atom. The molecule has 1 saturated heterocycles. The van der Waals surface area contributed by atoms with Gasteiger partial charge in [0.2, 0.25) is 10.0 Å². The second kappa shape index (κ2) is 5.67. The Kier molecular flexibility index (Phi) is 4.31. The van der Waals surface area contributed by atoms with E-state index >= 15 is 0 Å². The highest BCUT2D eigenvalue weighted by molar-refractivity contribution is 7.89. The number of halogens is 1. The third-order valence-corrected chi connectivity index (χ3v) is 5.10. The maximum absolute atomic E-state index is 13.8. The number of hydrogen-bond donors (Lipinski definition) is 2. The molecule has 2 rings (SSSR count). The van der Waals surface area contributed by atoms with Gasteiger partial charge in [-0.25, -0.2) is 17.5 Å². The zero-order chi connectivity index (χ0) is 14.9. The van der Waals surface area contributed by atoms with E-state index in [1.807, 2.05) is 7.05 Å². The molecule has 0 aliphatic carbocycles. The summed E-state index contributed by atoms with van der Waals surface area (Å²) in [7, 11) is -1.86. The van der Waals surface area contributed by atoms with Crippen LogP contribution in [0.3, 0.4) is 0 Å². The third-order valence-electron chi connectivity index (χ3n) is 3.66. The SMILES string of the molecule is Cc1cc(F)c(S(=O)(=O)NCC2CCN(C)C2)cc1N. The van der Waals surface area contributed by atoms with Gasteiger partial charge in [-0.1, -0.05) is 0 Å². The Morgan fingerprint density at radius 2 is 2.20 bits per heavy atom. The molecule has 1 aromatic carbocycles. The van der Waals surface area contributed by atoms with Crippen LogP contribution in [0.5, 0.6) is 0 Å². The molecule has 1 atom stereocenters. The number of nitrogens with two attached hydrogens (primary N) is 1. The highest BCUT2D eigenvalue weighted by atomic mass is 32.2. The van der Waals surface area contributed by atoms with Crippen molar-refractivity contribution in [1.29, 1.82) is 0 Å². The van der Waals surface area contributed by atoms with Crippen LogP contribution >= 0.6 is 0 Å². The van der Waals surface area contributed by atoms with Crippen LogP contribution in [-0.2, 0) is 10.0 Å². The fraction of sp³-hybridized carbons (Fsp3) is 0.538. The fourth-order valence-electron chi connectivity index (χ4n) is 2.37. The van der Waals surface area contributed by atoms with Crippen molar-refractivity contribution in [3.05, 3.63) is 23.5 Å². The Hall–Kier alpha value is -1.18. The molecule has 1 fully saturated rings. The number of nitrogen functional groups attached to an aromatic ring is 1. The fourth-order valence-corrected chi connectivity index (χ4v) is 3.58. The molecule has 3 N–H and O–H groups in total. The minimum atomic E-state index is -3.86. The smallest absolute Gasteiger partial charge is 0.243 e. The number of nitrogens with one attached hydrogen (secondary N) is 1. The molecule has 5 nitrogen and oxygen atoms in total. The zero-order valence-corrected chi connectivity index (χ0v) is 12.5. The second-order valence-electron chi connectivity index (χ2n) is 5.41. The lowest BCUT2D eigenvalue weighted by molar-refractivity contribution is 0.394. The average molecular weight is 301 g/mol. The van der Waals surface area contributed by atoms with Crippen molar-refractivity contribution >= 4 is 15.7 Å². The molecule has 0 spiro atoms. The summed E-state index contributed by atoms with van der Waals surface area (Å²) in [5, 5.41) is 0. The highest BCUT2D eigenvalue weighted by Crippen LogP contribution is 2.22. The number of aryl methyl sites for hydroxylation is 1. The Bertz CT molecular complexity index is 604. The van der Waals surface area contributed by atoms with Crippen molar-refractivity contribution in [1.82, 2.24) is 9.62 Å². The third kappa shape index (κ3) is 3.28. The number of sulfonamides is 1. The molecule has 0 bridgehead atoms. The minimum Gasteiger partial charge on any atom is -0.398 e. The van der Waals surface area contributed by atoms with E-state index in [4.69, 9.17) is 5.73 Å². The lowest BCUT2D eigenvalue weighted by atomic mass is 10.1. The van der Waals surface area contributed by atoms with Crippen LogP contribution in [0.25, 0.3) is 0 Å². The van der Waals surface area contributed by atoms with Gasteiger partial charge in [0, 0.05) is 18.8 Å². The summed E-state index contributed by atoms with van der Waals surface area (Å²) >= 11 is 0. The number of rotatable bonds is 4. The first-order chi connectivity index (χ1) is 9.29. The summed E-state index contributed by atoms with van der Waals surface area (Å²) in [5.41, 5.74) is 6.45. The molecule has 7 heteroatoms. The standard InChI is InChI=1S/C13H20FN3O2S/c1-9-5-11(14)13(6-12(9)15)20(18,19)16-7-10-3-4-17(2)8-10/h5-6,10,16H,3-4,7-8,15H2,1-2H3. The maximum Gasteiger partial charge on any atom is 0.243 e. The first-order valence-corrected chi connectivity index (χ1v) is 8.02. The van der Waals surface area contributed by atoms with Gasteiger partial charge in [-0.05, 0) is 50.6 Å². The normalized spacial score (nSPS) is 20.4. The van der Waals surface area contributed by atoms with E-state index in [1.54, 1.807) is 6.92 Å². The van der Waals surface area contributed by atoms with E-state index < -0.39 is 15.8 Å². The molecule has 0 amide bonds. The number of nitrogens with zero attached hydrogens (tertiary/aromatic N) is 1. The van der Waals surface area contributed by atoms with E-state index in [-0.39, 0.29) is 16.5 Å². The minimum absolute atomic E-state index is 0.264. The quantitative estimate of drug-likeness (QED) is 0.812. The molecular weight excluding hydrogens is 281 g/mol. The summed E-state index contributed by atoms with van der Waals surface area (Å²) < 4.78 is 40.6. The van der Waals surface area contributed by atoms with Gasteiger partial charge in [-0.2, -0.15) is 0 Å². The molecule has 1 aliphatic heterocycles. The van der Waals surface area contributed by atoms with Gasteiger partial charge in [0.15, 0.2) is 0 Å². The first-order valence-electron chi connectivity index (χ1n) is 6.53. The Labute approximate surface area is 119 Å². The molecule has 1 heterocycles. The number of anilines is 1. The highest BCUT2D eigenvalue weighted by Gasteiger charge is 2.24. The van der Waals surface area contributed by atoms with Crippen molar-refractivity contribution in [3.63, 3.8) is 0 Å². The van der Waals surface area contributed by atoms with E-state index in [2.05, 4.69) is 9.62 Å². The summed E-state index contributed by atoms with van der Waals surface area (Å²) in [6.45, 7) is 3.76. The topological polar surface area (TPSA) is 75.4 Å². The average Bonchev–Trinajstić information content (AvgIpc) is 2.77. The van der Waals surface area contributed by atoms with Crippen LogP contribution in [0.1, 0.15) is 12.0 Å². The second-order valence-corrected chi connectivity index (χ2v) is 7.14. The van der Waals surface area contributed by atoms with Crippen molar-refractivity contribution in [2.24, 2.45) is 5.92 Å². The Balaban J connectivity index is 2.12. The predicted molar refractivity (Wildman–Crippen MR) is 76.3 cm³/mol. The summed E-state index contributed by atoms with van der Waals surface area (Å²) in [5.74, 6) is -0.506. The van der Waals surface area contributed by atoms with Crippen molar-refractivity contribution in [3.8, 4) is 0 Å². The van der Waals surface area contributed by atoms with E-state index in [0.29, 0.717) is 12.1 Å².